The first-order valence-corrected chi connectivity index (χ1v) is 7.22. The summed E-state index contributed by atoms with van der Waals surface area (Å²) in [5.41, 5.74) is 5.30. The number of halogens is 4. The number of rotatable bonds is 3. The van der Waals surface area contributed by atoms with Gasteiger partial charge in [0.2, 0.25) is 0 Å². The molecule has 21 heavy (non-hydrogen) atoms. The van der Waals surface area contributed by atoms with Crippen molar-refractivity contribution in [2.45, 2.75) is 31.6 Å². The quantitative estimate of drug-likeness (QED) is 0.910. The summed E-state index contributed by atoms with van der Waals surface area (Å²) < 4.78 is 41.0. The highest BCUT2D eigenvalue weighted by molar-refractivity contribution is 9.10. The van der Waals surface area contributed by atoms with Gasteiger partial charge >= 0.3 is 6.18 Å². The van der Waals surface area contributed by atoms with E-state index < -0.39 is 11.7 Å². The van der Waals surface area contributed by atoms with Crippen molar-refractivity contribution in [3.8, 4) is 11.4 Å². The molecule has 0 radical (unpaired) electrons. The minimum atomic E-state index is -4.39. The second-order valence-corrected chi connectivity index (χ2v) is 5.79. The van der Waals surface area contributed by atoms with Crippen LogP contribution in [0.4, 0.5) is 13.2 Å². The van der Waals surface area contributed by atoms with Crippen LogP contribution in [0, 0.1) is 0 Å². The summed E-state index contributed by atoms with van der Waals surface area (Å²) in [6.07, 6.45) is -2.46. The van der Waals surface area contributed by atoms with Crippen LogP contribution in [0.3, 0.4) is 0 Å². The first-order valence-electron chi connectivity index (χ1n) is 6.42. The maximum atomic E-state index is 12.9. The highest BCUT2D eigenvalue weighted by Gasteiger charge is 2.33. The van der Waals surface area contributed by atoms with Gasteiger partial charge in [-0.2, -0.15) is 13.2 Å². The van der Waals surface area contributed by atoms with Crippen LogP contribution >= 0.6 is 15.9 Å². The Hall–Kier alpha value is -1.41. The van der Waals surface area contributed by atoms with Crippen LogP contribution in [-0.2, 0) is 12.7 Å². The smallest absolute Gasteiger partial charge is 0.324 e. The van der Waals surface area contributed by atoms with Crippen molar-refractivity contribution < 1.29 is 13.2 Å². The van der Waals surface area contributed by atoms with Gasteiger partial charge in [-0.05, 0) is 31.0 Å². The molecule has 1 saturated carbocycles. The largest absolute Gasteiger partial charge is 0.416 e. The Morgan fingerprint density at radius 1 is 1.29 bits per heavy atom. The van der Waals surface area contributed by atoms with E-state index in [1.807, 2.05) is 4.57 Å². The molecule has 0 saturated heterocycles. The van der Waals surface area contributed by atoms with Gasteiger partial charge in [0.05, 0.1) is 12.1 Å². The molecule has 4 nitrogen and oxygen atoms in total. The molecule has 0 aliphatic heterocycles. The van der Waals surface area contributed by atoms with Crippen LogP contribution in [-0.4, -0.2) is 14.8 Å². The lowest BCUT2D eigenvalue weighted by Crippen LogP contribution is -2.09. The zero-order chi connectivity index (χ0) is 15.2. The number of nitrogens with two attached hydrogens (primary N) is 1. The molecule has 0 bridgehead atoms. The van der Waals surface area contributed by atoms with Gasteiger partial charge in [0, 0.05) is 16.1 Å². The first kappa shape index (κ1) is 14.5. The van der Waals surface area contributed by atoms with Gasteiger partial charge in [-0.15, -0.1) is 10.2 Å². The standard InChI is InChI=1S/C13H12BrF3N4/c14-10-4-1-7(13(15,16)17)5-9(10)12-20-19-11(6-18)21(12)8-2-3-8/h1,4-5,8H,2-3,6,18H2. The minimum Gasteiger partial charge on any atom is -0.324 e. The summed E-state index contributed by atoms with van der Waals surface area (Å²) in [5.74, 6) is 1.02. The summed E-state index contributed by atoms with van der Waals surface area (Å²) in [6, 6.07) is 3.74. The van der Waals surface area contributed by atoms with E-state index in [9.17, 15) is 13.2 Å². The average molecular weight is 361 g/mol. The fourth-order valence-electron chi connectivity index (χ4n) is 2.24. The fraction of sp³-hybridized carbons (Fsp3) is 0.385. The number of hydrogen-bond acceptors (Lipinski definition) is 3. The molecule has 0 unspecified atom stereocenters. The second-order valence-electron chi connectivity index (χ2n) is 4.94. The Labute approximate surface area is 127 Å². The van der Waals surface area contributed by atoms with Crippen LogP contribution in [0.1, 0.15) is 30.3 Å². The lowest BCUT2D eigenvalue weighted by Gasteiger charge is -2.12. The van der Waals surface area contributed by atoms with E-state index in [4.69, 9.17) is 5.73 Å². The number of nitrogens with zero attached hydrogens (tertiary/aromatic N) is 3. The van der Waals surface area contributed by atoms with Crippen molar-refractivity contribution in [1.29, 1.82) is 0 Å². The third-order valence-corrected chi connectivity index (χ3v) is 4.09. The highest BCUT2D eigenvalue weighted by Crippen LogP contribution is 2.41. The molecule has 1 aliphatic carbocycles. The van der Waals surface area contributed by atoms with E-state index in [1.165, 1.54) is 6.07 Å². The zero-order valence-electron chi connectivity index (χ0n) is 10.9. The van der Waals surface area contributed by atoms with Crippen LogP contribution in [0.15, 0.2) is 22.7 Å². The van der Waals surface area contributed by atoms with Gasteiger partial charge in [-0.1, -0.05) is 15.9 Å². The SMILES string of the molecule is NCc1nnc(-c2cc(C(F)(F)F)ccc2Br)n1C1CC1. The Morgan fingerprint density at radius 2 is 2.00 bits per heavy atom. The molecule has 1 fully saturated rings. The molecule has 0 spiro atoms. The Balaban J connectivity index is 2.14. The second kappa shape index (κ2) is 5.10. The number of hydrogen-bond donors (Lipinski definition) is 1. The van der Waals surface area contributed by atoms with Crippen LogP contribution in [0.25, 0.3) is 11.4 Å². The van der Waals surface area contributed by atoms with E-state index >= 15 is 0 Å². The lowest BCUT2D eigenvalue weighted by atomic mass is 10.1. The number of alkyl halides is 3. The lowest BCUT2D eigenvalue weighted by molar-refractivity contribution is -0.137. The molecule has 1 aromatic carbocycles. The first-order chi connectivity index (χ1) is 9.91. The third-order valence-electron chi connectivity index (χ3n) is 3.40. The van der Waals surface area contributed by atoms with Gasteiger partial charge in [-0.25, -0.2) is 0 Å². The highest BCUT2D eigenvalue weighted by atomic mass is 79.9. The zero-order valence-corrected chi connectivity index (χ0v) is 12.4. The molecular formula is C13H12BrF3N4. The van der Waals surface area contributed by atoms with Gasteiger partial charge in [0.15, 0.2) is 5.82 Å². The topological polar surface area (TPSA) is 56.7 Å². The van der Waals surface area contributed by atoms with E-state index in [2.05, 4.69) is 26.1 Å². The molecule has 112 valence electrons. The normalized spacial score (nSPS) is 15.5. The van der Waals surface area contributed by atoms with Crippen molar-refractivity contribution in [2.75, 3.05) is 0 Å². The van der Waals surface area contributed by atoms with Crippen molar-refractivity contribution in [1.82, 2.24) is 14.8 Å². The number of benzene rings is 1. The van der Waals surface area contributed by atoms with Crippen LogP contribution < -0.4 is 5.73 Å². The molecule has 3 rings (SSSR count). The van der Waals surface area contributed by atoms with Gasteiger partial charge in [0.25, 0.3) is 0 Å². The minimum absolute atomic E-state index is 0.208. The third kappa shape index (κ3) is 2.69. The molecular weight excluding hydrogens is 349 g/mol. The Kier molecular flexibility index (Phi) is 3.53. The predicted molar refractivity (Wildman–Crippen MR) is 74.3 cm³/mol. The molecule has 0 atom stereocenters. The fourth-order valence-corrected chi connectivity index (χ4v) is 2.66. The van der Waals surface area contributed by atoms with Crippen molar-refractivity contribution in [3.63, 3.8) is 0 Å². The maximum Gasteiger partial charge on any atom is 0.416 e. The van der Waals surface area contributed by atoms with E-state index in [0.717, 1.165) is 25.0 Å². The number of aromatic nitrogens is 3. The predicted octanol–water partition coefficient (Wildman–Crippen LogP) is 3.52. The Morgan fingerprint density at radius 3 is 2.57 bits per heavy atom. The van der Waals surface area contributed by atoms with Crippen molar-refractivity contribution in [2.24, 2.45) is 5.73 Å². The molecule has 2 N–H and O–H groups in total. The average Bonchev–Trinajstić information content (AvgIpc) is 3.17. The summed E-state index contributed by atoms with van der Waals surface area (Å²) >= 11 is 3.29. The Bertz CT molecular complexity index is 677. The van der Waals surface area contributed by atoms with E-state index in [0.29, 0.717) is 21.7 Å². The maximum absolute atomic E-state index is 12.9. The molecule has 1 aromatic heterocycles. The van der Waals surface area contributed by atoms with Crippen molar-refractivity contribution in [3.05, 3.63) is 34.1 Å². The molecule has 1 heterocycles. The molecule has 2 aromatic rings. The molecule has 0 amide bonds. The van der Waals surface area contributed by atoms with Gasteiger partial charge in [-0.3, -0.25) is 0 Å². The van der Waals surface area contributed by atoms with Crippen LogP contribution in [0.5, 0.6) is 0 Å². The summed E-state index contributed by atoms with van der Waals surface area (Å²) in [4.78, 5) is 0. The summed E-state index contributed by atoms with van der Waals surface area (Å²) in [5, 5.41) is 8.03. The van der Waals surface area contributed by atoms with Gasteiger partial charge in [0.1, 0.15) is 5.82 Å². The molecule has 8 heteroatoms. The summed E-state index contributed by atoms with van der Waals surface area (Å²) in [7, 11) is 0. The van der Waals surface area contributed by atoms with E-state index in [1.54, 1.807) is 0 Å². The van der Waals surface area contributed by atoms with Crippen molar-refractivity contribution >= 4 is 15.9 Å². The van der Waals surface area contributed by atoms with E-state index in [-0.39, 0.29) is 12.6 Å². The van der Waals surface area contributed by atoms with Gasteiger partial charge < -0.3 is 10.3 Å². The molecule has 1 aliphatic rings. The van der Waals surface area contributed by atoms with Crippen LogP contribution in [0.2, 0.25) is 0 Å². The summed E-state index contributed by atoms with van der Waals surface area (Å²) in [6.45, 7) is 0.208. The monoisotopic (exact) mass is 360 g/mol.